The monoisotopic (exact) mass is 436 g/mol. The van der Waals surface area contributed by atoms with Crippen LogP contribution in [0.3, 0.4) is 0 Å². The Bertz CT molecular complexity index is 27.2. The zero-order chi connectivity index (χ0) is 4.50. The number of hydrogen-bond acceptors (Lipinski definition) is 4. The van der Waals surface area contributed by atoms with Gasteiger partial charge in [0, 0.05) is 84.2 Å². The third-order valence-corrected chi connectivity index (χ3v) is 0. The largest absolute Gasteiger partial charge is 0.668 e. The Morgan fingerprint density at radius 3 is 0.857 bits per heavy atom. The van der Waals surface area contributed by atoms with Gasteiger partial charge in [0.2, 0.25) is 0 Å². The summed E-state index contributed by atoms with van der Waals surface area (Å²) in [5.41, 5.74) is 0. The van der Waals surface area contributed by atoms with Crippen molar-refractivity contribution in [3.63, 3.8) is 0 Å². The molecule has 0 amide bonds. The fraction of sp³-hybridized carbons (Fsp3) is 0. The van der Waals surface area contributed by atoms with Crippen molar-refractivity contribution in [2.24, 2.45) is 0 Å². The van der Waals surface area contributed by atoms with Crippen LogP contribution in [0.4, 0.5) is 0 Å². The van der Waals surface area contributed by atoms with Crippen LogP contribution in [0.15, 0.2) is 0 Å². The fourth-order valence-corrected chi connectivity index (χ4v) is 0. The first-order chi connectivity index (χ1) is 2.00. The van der Waals surface area contributed by atoms with Gasteiger partial charge in [0.1, 0.15) is 0 Å². The molecule has 4 N–H and O–H groups in total. The Kier molecular flexibility index (Phi) is 16.3. The number of hydrogen-bond donors (Lipinski definition) is 4. The standard InChI is InChI=1S/Er.H4O4Si.Yb/c;1-5(2,3)4;/h;1-4H;. The van der Waals surface area contributed by atoms with Crippen LogP contribution in [0.1, 0.15) is 0 Å². The first-order valence-electron chi connectivity index (χ1n) is 0.894. The average molecular weight is 436 g/mol. The summed E-state index contributed by atoms with van der Waals surface area (Å²) >= 11 is 0. The Labute approximate surface area is 110 Å². The molecular formula is H4ErO4SiYb. The smallest absolute Gasteiger partial charge is 0.368 e. The van der Waals surface area contributed by atoms with E-state index in [-0.39, 0.29) is 84.2 Å². The molecule has 0 aromatic carbocycles. The Morgan fingerprint density at radius 2 is 0.857 bits per heavy atom. The maximum Gasteiger partial charge on any atom is 0.668 e. The van der Waals surface area contributed by atoms with Crippen molar-refractivity contribution in [3.05, 3.63) is 0 Å². The van der Waals surface area contributed by atoms with Gasteiger partial charge in [-0.05, 0) is 0 Å². The van der Waals surface area contributed by atoms with E-state index in [2.05, 4.69) is 0 Å². The minimum Gasteiger partial charge on any atom is -0.368 e. The van der Waals surface area contributed by atoms with Crippen LogP contribution in [-0.4, -0.2) is 28.2 Å². The van der Waals surface area contributed by atoms with Crippen LogP contribution < -0.4 is 0 Å². The van der Waals surface area contributed by atoms with Crippen molar-refractivity contribution in [2.45, 2.75) is 0 Å². The second-order valence-corrected chi connectivity index (χ2v) is 1.80. The summed E-state index contributed by atoms with van der Waals surface area (Å²) in [6.45, 7) is 0. The summed E-state index contributed by atoms with van der Waals surface area (Å²) in [5, 5.41) is 0. The topological polar surface area (TPSA) is 80.9 Å². The molecule has 0 aromatic rings. The fourth-order valence-electron chi connectivity index (χ4n) is 0. The molecule has 0 heterocycles. The first kappa shape index (κ1) is 16.4. The third kappa shape index (κ3) is 51.5. The van der Waals surface area contributed by atoms with Gasteiger partial charge in [0.25, 0.3) is 0 Å². The van der Waals surface area contributed by atoms with Gasteiger partial charge < -0.3 is 19.2 Å². The molecule has 0 aliphatic rings. The molecule has 0 spiro atoms. The Hall–Kier alpha value is 2.82. The van der Waals surface area contributed by atoms with Crippen LogP contribution in [0.25, 0.3) is 0 Å². The van der Waals surface area contributed by atoms with E-state index in [1.807, 2.05) is 0 Å². The summed E-state index contributed by atoms with van der Waals surface area (Å²) < 4.78 is 0. The molecule has 0 radical (unpaired) electrons. The molecule has 0 aliphatic heterocycles. The summed E-state index contributed by atoms with van der Waals surface area (Å²) in [5.74, 6) is 0. The molecule has 0 aliphatic carbocycles. The van der Waals surface area contributed by atoms with E-state index in [9.17, 15) is 0 Å². The van der Waals surface area contributed by atoms with Gasteiger partial charge in [0.05, 0.1) is 0 Å². The molecule has 0 bridgehead atoms. The summed E-state index contributed by atoms with van der Waals surface area (Å²) in [4.78, 5) is 29.3. The summed E-state index contributed by atoms with van der Waals surface area (Å²) in [6.07, 6.45) is 0. The van der Waals surface area contributed by atoms with E-state index in [4.69, 9.17) is 19.2 Å². The summed E-state index contributed by atoms with van der Waals surface area (Å²) in [7, 11) is -4.61. The maximum atomic E-state index is 7.33. The minimum absolute atomic E-state index is 0. The molecule has 0 rings (SSSR count). The van der Waals surface area contributed by atoms with Crippen LogP contribution in [0.2, 0.25) is 0 Å². The van der Waals surface area contributed by atoms with Crippen LogP contribution in [0, 0.1) is 84.2 Å². The molecule has 58 valence electrons. The average Bonchev–Trinajstić information content (AvgIpc) is 0.722. The van der Waals surface area contributed by atoms with Gasteiger partial charge in [0.15, 0.2) is 0 Å². The van der Waals surface area contributed by atoms with Crippen molar-refractivity contribution in [2.75, 3.05) is 0 Å². The molecule has 0 atom stereocenters. The Morgan fingerprint density at radius 1 is 0.857 bits per heavy atom. The molecule has 7 heavy (non-hydrogen) atoms. The van der Waals surface area contributed by atoms with Crippen molar-refractivity contribution < 1.29 is 103 Å². The predicted octanol–water partition coefficient (Wildman–Crippen LogP) is -2.61. The quantitative estimate of drug-likeness (QED) is 0.314. The zero-order valence-corrected chi connectivity index (χ0v) is 7.41. The SMILES string of the molecule is O[Si](O)(O)O.[Er].[Yb]. The van der Waals surface area contributed by atoms with Crippen molar-refractivity contribution in [1.82, 2.24) is 0 Å². The normalized spacial score (nSPS) is 8.57. The van der Waals surface area contributed by atoms with Crippen molar-refractivity contribution >= 4 is 9.05 Å². The van der Waals surface area contributed by atoms with Crippen LogP contribution in [-0.2, 0) is 0 Å². The minimum atomic E-state index is -4.61. The molecular weight excluding hydrogens is 432 g/mol. The van der Waals surface area contributed by atoms with Gasteiger partial charge in [-0.3, -0.25) is 0 Å². The van der Waals surface area contributed by atoms with Gasteiger partial charge in [-0.15, -0.1) is 0 Å². The third-order valence-electron chi connectivity index (χ3n) is 0. The zero-order valence-electron chi connectivity index (χ0n) is 2.84. The summed E-state index contributed by atoms with van der Waals surface area (Å²) in [6, 6.07) is 0. The van der Waals surface area contributed by atoms with Gasteiger partial charge >= 0.3 is 9.05 Å². The number of rotatable bonds is 0. The maximum absolute atomic E-state index is 7.33. The van der Waals surface area contributed by atoms with Crippen LogP contribution >= 0.6 is 0 Å². The molecule has 0 saturated heterocycles. The molecule has 0 fully saturated rings. The van der Waals surface area contributed by atoms with Gasteiger partial charge in [-0.2, -0.15) is 0 Å². The van der Waals surface area contributed by atoms with E-state index in [1.54, 1.807) is 0 Å². The van der Waals surface area contributed by atoms with Gasteiger partial charge in [-0.25, -0.2) is 0 Å². The molecule has 0 unspecified atom stereocenters. The Balaban J connectivity index is -0.0000000800. The van der Waals surface area contributed by atoms with Crippen molar-refractivity contribution in [1.29, 1.82) is 0 Å². The predicted molar refractivity (Wildman–Crippen MR) is 14.6 cm³/mol. The van der Waals surface area contributed by atoms with E-state index in [1.165, 1.54) is 0 Å². The van der Waals surface area contributed by atoms with Crippen LogP contribution in [0.5, 0.6) is 0 Å². The molecule has 4 nitrogen and oxygen atoms in total. The second kappa shape index (κ2) is 6.94. The molecule has 0 aromatic heterocycles. The van der Waals surface area contributed by atoms with E-state index in [0.29, 0.717) is 0 Å². The van der Waals surface area contributed by atoms with E-state index >= 15 is 0 Å². The molecule has 7 heteroatoms. The second-order valence-electron chi connectivity index (χ2n) is 0.600. The van der Waals surface area contributed by atoms with E-state index in [0.717, 1.165) is 0 Å². The van der Waals surface area contributed by atoms with Gasteiger partial charge in [-0.1, -0.05) is 0 Å². The first-order valence-corrected chi connectivity index (χ1v) is 2.68. The van der Waals surface area contributed by atoms with E-state index < -0.39 is 9.05 Å². The molecule has 0 saturated carbocycles. The van der Waals surface area contributed by atoms with Crippen molar-refractivity contribution in [3.8, 4) is 0 Å².